The molecule has 0 saturated heterocycles. The Morgan fingerprint density at radius 1 is 1.13 bits per heavy atom. The molecule has 0 aliphatic carbocycles. The van der Waals surface area contributed by atoms with Crippen LogP contribution in [0.3, 0.4) is 0 Å². The molecule has 0 saturated carbocycles. The Balaban J connectivity index is 1.76. The highest BCUT2D eigenvalue weighted by atomic mass is 32.2. The maximum Gasteiger partial charge on any atom is 0.243 e. The SMILES string of the molecule is CCN(CC)S(=O)(=O)c1cc(NC(=O)C(C)N2CCc3ccccc3C2)ccc1C. The number of rotatable bonds is 7. The second-order valence-corrected chi connectivity index (χ2v) is 9.63. The Hall–Kier alpha value is -2.22. The lowest BCUT2D eigenvalue weighted by atomic mass is 9.99. The number of sulfonamides is 1. The molecule has 7 heteroatoms. The van der Waals surface area contributed by atoms with E-state index >= 15 is 0 Å². The maximum absolute atomic E-state index is 13.0. The second-order valence-electron chi connectivity index (χ2n) is 7.72. The average Bonchev–Trinajstić information content (AvgIpc) is 2.74. The number of carbonyl (C=O) groups is 1. The lowest BCUT2D eigenvalue weighted by Gasteiger charge is -2.33. The van der Waals surface area contributed by atoms with Crippen molar-refractivity contribution in [1.29, 1.82) is 0 Å². The lowest BCUT2D eigenvalue weighted by molar-refractivity contribution is -0.121. The van der Waals surface area contributed by atoms with E-state index in [2.05, 4.69) is 22.3 Å². The minimum atomic E-state index is -3.59. The van der Waals surface area contributed by atoms with E-state index in [9.17, 15) is 13.2 Å². The van der Waals surface area contributed by atoms with Crippen molar-refractivity contribution in [3.8, 4) is 0 Å². The summed E-state index contributed by atoms with van der Waals surface area (Å²) in [5.41, 5.74) is 3.76. The van der Waals surface area contributed by atoms with Crippen molar-refractivity contribution in [3.63, 3.8) is 0 Å². The number of fused-ring (bicyclic) bond motifs is 1. The number of anilines is 1. The third-order valence-electron chi connectivity index (χ3n) is 5.87. The second kappa shape index (κ2) is 9.29. The lowest BCUT2D eigenvalue weighted by Crippen LogP contribution is -2.44. The van der Waals surface area contributed by atoms with Crippen molar-refractivity contribution in [3.05, 3.63) is 59.2 Å². The monoisotopic (exact) mass is 429 g/mol. The molecule has 1 amide bonds. The Morgan fingerprint density at radius 2 is 1.80 bits per heavy atom. The minimum absolute atomic E-state index is 0.135. The molecule has 1 unspecified atom stereocenters. The fourth-order valence-electron chi connectivity index (χ4n) is 3.92. The summed E-state index contributed by atoms with van der Waals surface area (Å²) in [6.45, 7) is 9.67. The third kappa shape index (κ3) is 4.58. The number of hydrogen-bond donors (Lipinski definition) is 1. The van der Waals surface area contributed by atoms with Gasteiger partial charge in [0.2, 0.25) is 15.9 Å². The zero-order valence-electron chi connectivity index (χ0n) is 18.2. The quantitative estimate of drug-likeness (QED) is 0.732. The van der Waals surface area contributed by atoms with Crippen molar-refractivity contribution < 1.29 is 13.2 Å². The van der Waals surface area contributed by atoms with Gasteiger partial charge in [0.05, 0.1) is 10.9 Å². The van der Waals surface area contributed by atoms with Gasteiger partial charge in [0.25, 0.3) is 0 Å². The van der Waals surface area contributed by atoms with Crippen molar-refractivity contribution in [2.75, 3.05) is 25.0 Å². The fourth-order valence-corrected chi connectivity index (χ4v) is 5.63. The van der Waals surface area contributed by atoms with Crippen LogP contribution in [-0.4, -0.2) is 49.2 Å². The molecular formula is C23H31N3O3S. The van der Waals surface area contributed by atoms with Crippen LogP contribution in [0.4, 0.5) is 5.69 Å². The van der Waals surface area contributed by atoms with E-state index < -0.39 is 10.0 Å². The van der Waals surface area contributed by atoms with Crippen LogP contribution in [0.15, 0.2) is 47.4 Å². The largest absolute Gasteiger partial charge is 0.325 e. The highest BCUT2D eigenvalue weighted by Gasteiger charge is 2.27. The molecule has 30 heavy (non-hydrogen) atoms. The summed E-state index contributed by atoms with van der Waals surface area (Å²) < 4.78 is 27.3. The molecule has 0 bridgehead atoms. The fraction of sp³-hybridized carbons (Fsp3) is 0.435. The first-order chi connectivity index (χ1) is 14.3. The van der Waals surface area contributed by atoms with Gasteiger partial charge in [-0.25, -0.2) is 8.42 Å². The molecule has 0 aromatic heterocycles. The number of benzene rings is 2. The Morgan fingerprint density at radius 3 is 2.47 bits per heavy atom. The number of nitrogens with one attached hydrogen (secondary N) is 1. The summed E-state index contributed by atoms with van der Waals surface area (Å²) in [5.74, 6) is -0.135. The molecule has 1 atom stereocenters. The van der Waals surface area contributed by atoms with Crippen LogP contribution in [-0.2, 0) is 27.8 Å². The standard InChI is InChI=1S/C23H31N3O3S/c1-5-26(6-2)30(28,29)22-15-21(12-11-17(22)3)24-23(27)18(4)25-14-13-19-9-7-8-10-20(19)16-25/h7-12,15,18H,5-6,13-14,16H2,1-4H3,(H,24,27). The van der Waals surface area contributed by atoms with E-state index in [0.717, 1.165) is 19.5 Å². The molecule has 2 aromatic carbocycles. The molecule has 2 aromatic rings. The van der Waals surface area contributed by atoms with Crippen molar-refractivity contribution in [1.82, 2.24) is 9.21 Å². The van der Waals surface area contributed by atoms with Crippen LogP contribution in [0.5, 0.6) is 0 Å². The van der Waals surface area contributed by atoms with Gasteiger partial charge in [0, 0.05) is 31.9 Å². The molecule has 0 radical (unpaired) electrons. The molecule has 0 spiro atoms. The molecule has 1 N–H and O–H groups in total. The van der Waals surface area contributed by atoms with Crippen molar-refractivity contribution in [2.24, 2.45) is 0 Å². The van der Waals surface area contributed by atoms with Gasteiger partial charge in [0.1, 0.15) is 0 Å². The maximum atomic E-state index is 13.0. The first kappa shape index (κ1) is 22.5. The molecule has 6 nitrogen and oxygen atoms in total. The van der Waals surface area contributed by atoms with Crippen LogP contribution in [0.2, 0.25) is 0 Å². The van der Waals surface area contributed by atoms with Gasteiger partial charge in [-0.05, 0) is 49.1 Å². The number of hydrogen-bond acceptors (Lipinski definition) is 4. The van der Waals surface area contributed by atoms with E-state index in [-0.39, 0.29) is 16.8 Å². The smallest absolute Gasteiger partial charge is 0.243 e. The number of amides is 1. The molecule has 162 valence electrons. The predicted molar refractivity (Wildman–Crippen MR) is 120 cm³/mol. The Kier molecular flexibility index (Phi) is 6.95. The van der Waals surface area contributed by atoms with Gasteiger partial charge >= 0.3 is 0 Å². The molecular weight excluding hydrogens is 398 g/mol. The summed E-state index contributed by atoms with van der Waals surface area (Å²) >= 11 is 0. The Bertz CT molecular complexity index is 1020. The first-order valence-corrected chi connectivity index (χ1v) is 11.9. The van der Waals surface area contributed by atoms with E-state index in [0.29, 0.717) is 24.3 Å². The van der Waals surface area contributed by atoms with E-state index in [1.54, 1.807) is 25.1 Å². The van der Waals surface area contributed by atoms with E-state index in [4.69, 9.17) is 0 Å². The molecule has 1 aliphatic heterocycles. The van der Waals surface area contributed by atoms with Gasteiger partial charge < -0.3 is 5.32 Å². The van der Waals surface area contributed by atoms with Crippen molar-refractivity contribution in [2.45, 2.75) is 51.6 Å². The summed E-state index contributed by atoms with van der Waals surface area (Å²) in [5, 5.41) is 2.91. The van der Waals surface area contributed by atoms with Gasteiger partial charge in [-0.15, -0.1) is 0 Å². The topological polar surface area (TPSA) is 69.7 Å². The van der Waals surface area contributed by atoms with Gasteiger partial charge in [-0.1, -0.05) is 44.2 Å². The van der Waals surface area contributed by atoms with Crippen LogP contribution < -0.4 is 5.32 Å². The van der Waals surface area contributed by atoms with Gasteiger partial charge in [0.15, 0.2) is 0 Å². The highest BCUT2D eigenvalue weighted by molar-refractivity contribution is 7.89. The van der Waals surface area contributed by atoms with Crippen LogP contribution >= 0.6 is 0 Å². The summed E-state index contributed by atoms with van der Waals surface area (Å²) in [7, 11) is -3.59. The van der Waals surface area contributed by atoms with Gasteiger partial charge in [-0.2, -0.15) is 4.31 Å². The van der Waals surface area contributed by atoms with Crippen LogP contribution in [0, 0.1) is 6.92 Å². The molecule has 1 heterocycles. The van der Waals surface area contributed by atoms with Crippen LogP contribution in [0.25, 0.3) is 0 Å². The third-order valence-corrected chi connectivity index (χ3v) is 8.06. The zero-order valence-corrected chi connectivity index (χ0v) is 19.0. The number of nitrogens with zero attached hydrogens (tertiary/aromatic N) is 2. The minimum Gasteiger partial charge on any atom is -0.325 e. The normalized spacial score (nSPS) is 15.6. The van der Waals surface area contributed by atoms with E-state index in [1.165, 1.54) is 15.4 Å². The zero-order chi connectivity index (χ0) is 21.9. The first-order valence-electron chi connectivity index (χ1n) is 10.5. The predicted octanol–water partition coefficient (Wildman–Crippen LogP) is 3.41. The van der Waals surface area contributed by atoms with Crippen molar-refractivity contribution >= 4 is 21.6 Å². The Labute approximate surface area is 179 Å². The molecule has 1 aliphatic rings. The summed E-state index contributed by atoms with van der Waals surface area (Å²) in [6.07, 6.45) is 0.921. The van der Waals surface area contributed by atoms with Gasteiger partial charge in [-0.3, -0.25) is 9.69 Å². The summed E-state index contributed by atoms with van der Waals surface area (Å²) in [4.78, 5) is 15.3. The van der Waals surface area contributed by atoms with E-state index in [1.807, 2.05) is 32.9 Å². The molecule has 0 fully saturated rings. The number of aryl methyl sites for hydroxylation is 1. The highest BCUT2D eigenvalue weighted by Crippen LogP contribution is 2.25. The number of carbonyl (C=O) groups excluding carboxylic acids is 1. The molecule has 3 rings (SSSR count). The van der Waals surface area contributed by atoms with Crippen LogP contribution in [0.1, 0.15) is 37.5 Å². The summed E-state index contributed by atoms with van der Waals surface area (Å²) in [6, 6.07) is 13.1. The average molecular weight is 430 g/mol.